The average molecular weight is 1040 g/mol. The van der Waals surface area contributed by atoms with E-state index in [1.165, 1.54) is 57.8 Å². The lowest BCUT2D eigenvalue weighted by molar-refractivity contribution is -0.216. The summed E-state index contributed by atoms with van der Waals surface area (Å²) in [4.78, 5) is 54.4. The van der Waals surface area contributed by atoms with Gasteiger partial charge in [-0.25, -0.2) is 9.13 Å². The van der Waals surface area contributed by atoms with Gasteiger partial charge in [-0.1, -0.05) is 157 Å². The third kappa shape index (κ3) is 34.7. The molecule has 0 aromatic rings. The van der Waals surface area contributed by atoms with Crippen LogP contribution in [0.5, 0.6) is 0 Å². The van der Waals surface area contributed by atoms with Gasteiger partial charge in [0.05, 0.1) is 12.7 Å². The average Bonchev–Trinajstić information content (AvgIpc) is 3.31. The maximum atomic E-state index is 13.0. The molecule has 0 amide bonds. The molecule has 1 rings (SSSR count). The van der Waals surface area contributed by atoms with E-state index in [1.54, 1.807) is 12.2 Å². The van der Waals surface area contributed by atoms with Crippen molar-refractivity contribution >= 4 is 27.6 Å². The Morgan fingerprint density at radius 2 is 1.00 bits per heavy atom. The molecular weight excluding hydrogens is 946 g/mol. The zero-order chi connectivity index (χ0) is 51.9. The van der Waals surface area contributed by atoms with Crippen LogP contribution in [-0.2, 0) is 41.8 Å². The van der Waals surface area contributed by atoms with Gasteiger partial charge in [-0.3, -0.25) is 23.2 Å². The van der Waals surface area contributed by atoms with Gasteiger partial charge in [-0.2, -0.15) is 0 Å². The fourth-order valence-electron chi connectivity index (χ4n) is 7.34. The maximum Gasteiger partial charge on any atom is 0.472 e. The number of phosphoric ester groups is 2. The van der Waals surface area contributed by atoms with Crippen LogP contribution in [0.2, 0.25) is 0 Å². The van der Waals surface area contributed by atoms with Crippen LogP contribution < -0.4 is 0 Å². The van der Waals surface area contributed by atoms with Gasteiger partial charge in [0.2, 0.25) is 0 Å². The Hall–Kier alpha value is -2.60. The summed E-state index contributed by atoms with van der Waals surface area (Å²) in [6.45, 7) is 2.90. The van der Waals surface area contributed by atoms with Crippen LogP contribution in [0.1, 0.15) is 174 Å². The van der Waals surface area contributed by atoms with E-state index in [0.29, 0.717) is 6.42 Å². The molecule has 1 fully saturated rings. The van der Waals surface area contributed by atoms with Crippen LogP contribution in [0.4, 0.5) is 0 Å². The monoisotopic (exact) mass is 1030 g/mol. The van der Waals surface area contributed by atoms with E-state index in [4.69, 9.17) is 18.5 Å². The number of phosphoric acid groups is 2. The van der Waals surface area contributed by atoms with Gasteiger partial charge in [0.25, 0.3) is 0 Å². The highest BCUT2D eigenvalue weighted by Crippen LogP contribution is 2.49. The molecule has 9 atom stereocenters. The molecule has 0 radical (unpaired) electrons. The van der Waals surface area contributed by atoms with E-state index in [9.17, 15) is 58.9 Å². The zero-order valence-electron chi connectivity index (χ0n) is 41.8. The molecule has 0 aromatic heterocycles. The molecule has 0 bridgehead atoms. The first-order chi connectivity index (χ1) is 33.5. The minimum Gasteiger partial charge on any atom is -0.462 e. The van der Waals surface area contributed by atoms with Crippen LogP contribution in [0.15, 0.2) is 72.9 Å². The summed E-state index contributed by atoms with van der Waals surface area (Å²) < 4.78 is 49.3. The summed E-state index contributed by atoms with van der Waals surface area (Å²) in [5.41, 5.74) is 0. The van der Waals surface area contributed by atoms with Gasteiger partial charge in [0.1, 0.15) is 43.2 Å². The molecule has 0 heterocycles. The van der Waals surface area contributed by atoms with E-state index in [2.05, 4.69) is 67.0 Å². The van der Waals surface area contributed by atoms with E-state index in [0.717, 1.165) is 70.6 Å². The molecule has 17 nitrogen and oxygen atoms in total. The van der Waals surface area contributed by atoms with Crippen LogP contribution in [0.25, 0.3) is 0 Å². The Kier molecular flexibility index (Phi) is 38.2. The van der Waals surface area contributed by atoms with Crippen molar-refractivity contribution in [3.05, 3.63) is 72.9 Å². The molecular formula is C51H88O17P2. The summed E-state index contributed by atoms with van der Waals surface area (Å²) in [6, 6.07) is 0. The molecule has 8 N–H and O–H groups in total. The summed E-state index contributed by atoms with van der Waals surface area (Å²) in [6.07, 6.45) is 31.5. The zero-order valence-corrected chi connectivity index (χ0v) is 43.6. The first kappa shape index (κ1) is 65.4. The van der Waals surface area contributed by atoms with E-state index in [1.807, 2.05) is 12.2 Å². The number of esters is 2. The van der Waals surface area contributed by atoms with Crippen LogP contribution >= 0.6 is 15.6 Å². The lowest BCUT2D eigenvalue weighted by Crippen LogP contribution is -2.64. The Morgan fingerprint density at radius 3 is 1.54 bits per heavy atom. The molecule has 1 aliphatic carbocycles. The highest BCUT2D eigenvalue weighted by molar-refractivity contribution is 7.47. The van der Waals surface area contributed by atoms with E-state index < -0.39 is 89.6 Å². The SMILES string of the molecule is CCCCC/C=C\C/C=C\C/C=C\C=C\[C@H](O)CCCC(=O)O[C@H](COC(=O)CCCCCCCCCCC/C=C\C/C=C\CCCCC)COP(=O)(O)O[C@H]1C(O)C(O)C(O)[C@@H](OP(=O)(O)O)C1O. The number of hydrogen-bond donors (Lipinski definition) is 8. The minimum atomic E-state index is -5.39. The topological polar surface area (TPSA) is 276 Å². The molecule has 1 aliphatic rings. The second kappa shape index (κ2) is 40.8. The van der Waals surface area contributed by atoms with Crippen LogP contribution in [0.3, 0.4) is 0 Å². The Balaban J connectivity index is 2.63. The van der Waals surface area contributed by atoms with Gasteiger partial charge >= 0.3 is 27.6 Å². The first-order valence-corrected chi connectivity index (χ1v) is 28.6. The van der Waals surface area contributed by atoms with E-state index >= 15 is 0 Å². The van der Waals surface area contributed by atoms with Crippen molar-refractivity contribution in [2.24, 2.45) is 0 Å². The molecule has 70 heavy (non-hydrogen) atoms. The number of allylic oxidation sites excluding steroid dienone is 11. The lowest BCUT2D eigenvalue weighted by atomic mass is 9.85. The molecule has 0 spiro atoms. The van der Waals surface area contributed by atoms with Gasteiger partial charge < -0.3 is 49.7 Å². The van der Waals surface area contributed by atoms with Gasteiger partial charge in [0.15, 0.2) is 6.10 Å². The molecule has 404 valence electrons. The number of aliphatic hydroxyl groups excluding tert-OH is 5. The molecule has 1 saturated carbocycles. The second-order valence-electron chi connectivity index (χ2n) is 17.7. The second-order valence-corrected chi connectivity index (χ2v) is 20.3. The number of ether oxygens (including phenoxy) is 2. The third-order valence-corrected chi connectivity index (χ3v) is 12.9. The first-order valence-electron chi connectivity index (χ1n) is 25.6. The number of carbonyl (C=O) groups is 2. The summed E-state index contributed by atoms with van der Waals surface area (Å²) in [5.74, 6) is -1.41. The molecule has 0 aromatic carbocycles. The largest absolute Gasteiger partial charge is 0.472 e. The van der Waals surface area contributed by atoms with Crippen molar-refractivity contribution in [2.45, 2.75) is 223 Å². The Labute approximate surface area is 417 Å². The van der Waals surface area contributed by atoms with Crippen LogP contribution in [-0.4, -0.2) is 114 Å². The van der Waals surface area contributed by atoms with Gasteiger partial charge in [-0.15, -0.1) is 0 Å². The van der Waals surface area contributed by atoms with Crippen molar-refractivity contribution < 1.29 is 82.0 Å². The number of hydrogen-bond acceptors (Lipinski definition) is 14. The normalized spacial score (nSPS) is 22.0. The van der Waals surface area contributed by atoms with Crippen molar-refractivity contribution in [3.8, 4) is 0 Å². The standard InChI is InChI=1S/C51H88O17P2/c1-3-5-7-9-11-13-15-17-18-19-20-21-22-24-26-28-30-32-34-38-44(53)64-40-43(41-65-70(62,63)68-51-48(57)46(55)47(56)50(49(51)58)67-69(59,60)61)66-45(54)39-35-37-42(52)36-33-31-29-27-25-23-16-14-12-10-8-6-4-2/h11-14,17-18,23,25,29,31,33,36,42-43,46-52,55-58H,3-10,15-16,19-22,24,26-28,30,32,34-35,37-41H2,1-2H3,(H,62,63)(H2,59,60,61)/b13-11-,14-12-,18-17-,25-23-,31-29-,36-33+/t42-,43+,46?,47?,48?,49?,50+,51-/m0/s1. The predicted octanol–water partition coefficient (Wildman–Crippen LogP) is 9.37. The van der Waals surface area contributed by atoms with Crippen LogP contribution in [0, 0.1) is 0 Å². The summed E-state index contributed by atoms with van der Waals surface area (Å²) >= 11 is 0. The summed E-state index contributed by atoms with van der Waals surface area (Å²) in [5, 5.41) is 51.7. The molecule has 0 saturated heterocycles. The highest BCUT2D eigenvalue weighted by Gasteiger charge is 2.54. The molecule has 19 heteroatoms. The van der Waals surface area contributed by atoms with Gasteiger partial charge in [-0.05, 0) is 77.0 Å². The van der Waals surface area contributed by atoms with Gasteiger partial charge in [0, 0.05) is 12.8 Å². The smallest absolute Gasteiger partial charge is 0.462 e. The molecule has 0 aliphatic heterocycles. The highest BCUT2D eigenvalue weighted by atomic mass is 31.2. The Morgan fingerprint density at radius 1 is 0.529 bits per heavy atom. The van der Waals surface area contributed by atoms with Crippen molar-refractivity contribution in [2.75, 3.05) is 13.2 Å². The fraction of sp³-hybridized carbons (Fsp3) is 0.725. The number of aliphatic hydroxyl groups is 5. The fourth-order valence-corrected chi connectivity index (χ4v) is 8.87. The predicted molar refractivity (Wildman–Crippen MR) is 270 cm³/mol. The quantitative estimate of drug-likeness (QED) is 0.00929. The van der Waals surface area contributed by atoms with Crippen molar-refractivity contribution in [3.63, 3.8) is 0 Å². The Bertz CT molecular complexity index is 1640. The number of unbranched alkanes of at least 4 members (excludes halogenated alkanes) is 15. The summed E-state index contributed by atoms with van der Waals surface area (Å²) in [7, 11) is -10.8. The van der Waals surface area contributed by atoms with Crippen molar-refractivity contribution in [1.82, 2.24) is 0 Å². The lowest BCUT2D eigenvalue weighted by Gasteiger charge is -2.43. The maximum absolute atomic E-state index is 13.0. The number of rotatable bonds is 42. The minimum absolute atomic E-state index is 0.0723. The molecule has 5 unspecified atom stereocenters. The number of carbonyl (C=O) groups excluding carboxylic acids is 2. The van der Waals surface area contributed by atoms with E-state index in [-0.39, 0.29) is 25.7 Å². The van der Waals surface area contributed by atoms with Crippen molar-refractivity contribution in [1.29, 1.82) is 0 Å². The third-order valence-electron chi connectivity index (χ3n) is 11.4.